The molecule has 3 N–H and O–H groups in total. The van der Waals surface area contributed by atoms with Gasteiger partial charge in [-0.05, 0) is 31.6 Å². The first kappa shape index (κ1) is 11.0. The highest BCUT2D eigenvalue weighted by Gasteiger charge is 2.38. The van der Waals surface area contributed by atoms with Gasteiger partial charge in [-0.1, -0.05) is 26.7 Å². The quantitative estimate of drug-likeness (QED) is 0.707. The number of hydrogen-bond acceptors (Lipinski definition) is 2. The zero-order valence-corrected chi connectivity index (χ0v) is 8.92. The fraction of sp³-hybridized carbons (Fsp3) is 1.00. The van der Waals surface area contributed by atoms with Gasteiger partial charge in [-0.15, -0.1) is 0 Å². The van der Waals surface area contributed by atoms with Crippen LogP contribution in [0.15, 0.2) is 0 Å². The molecule has 1 saturated carbocycles. The second kappa shape index (κ2) is 4.43. The maximum atomic E-state index is 10.2. The van der Waals surface area contributed by atoms with Crippen LogP contribution in [0.5, 0.6) is 0 Å². The lowest BCUT2D eigenvalue weighted by Gasteiger charge is -2.41. The van der Waals surface area contributed by atoms with Crippen LogP contribution in [0, 0.1) is 5.92 Å². The average Bonchev–Trinajstić information content (AvgIpc) is 2.11. The lowest BCUT2D eigenvalue weighted by atomic mass is 9.73. The molecule has 2 nitrogen and oxygen atoms in total. The van der Waals surface area contributed by atoms with E-state index in [0.717, 1.165) is 38.0 Å². The molecule has 1 fully saturated rings. The van der Waals surface area contributed by atoms with E-state index in [1.54, 1.807) is 0 Å². The van der Waals surface area contributed by atoms with Crippen LogP contribution < -0.4 is 5.73 Å². The molecule has 0 aliphatic heterocycles. The molecule has 0 amide bonds. The Hall–Kier alpha value is -0.0800. The molecule has 0 aromatic rings. The van der Waals surface area contributed by atoms with Gasteiger partial charge in [0.1, 0.15) is 0 Å². The van der Waals surface area contributed by atoms with Crippen LogP contribution in [-0.4, -0.2) is 16.7 Å². The summed E-state index contributed by atoms with van der Waals surface area (Å²) >= 11 is 0. The molecule has 78 valence electrons. The first-order chi connectivity index (χ1) is 6.12. The predicted molar refractivity (Wildman–Crippen MR) is 55.5 cm³/mol. The molecule has 1 rings (SSSR count). The van der Waals surface area contributed by atoms with E-state index in [1.807, 2.05) is 0 Å². The van der Waals surface area contributed by atoms with Crippen LogP contribution in [-0.2, 0) is 0 Å². The van der Waals surface area contributed by atoms with Crippen molar-refractivity contribution in [2.45, 2.75) is 64.0 Å². The van der Waals surface area contributed by atoms with Gasteiger partial charge < -0.3 is 10.8 Å². The van der Waals surface area contributed by atoms with Crippen molar-refractivity contribution in [2.24, 2.45) is 11.7 Å². The van der Waals surface area contributed by atoms with Crippen molar-refractivity contribution in [3.05, 3.63) is 0 Å². The van der Waals surface area contributed by atoms with E-state index in [4.69, 9.17) is 5.73 Å². The topological polar surface area (TPSA) is 46.2 Å². The lowest BCUT2D eigenvalue weighted by molar-refractivity contribution is -0.0352. The summed E-state index contributed by atoms with van der Waals surface area (Å²) in [6.45, 7) is 4.32. The van der Waals surface area contributed by atoms with E-state index in [0.29, 0.717) is 0 Å². The maximum absolute atomic E-state index is 10.2. The fourth-order valence-electron chi connectivity index (χ4n) is 2.45. The first-order valence-electron chi connectivity index (χ1n) is 5.60. The molecule has 0 radical (unpaired) electrons. The van der Waals surface area contributed by atoms with Gasteiger partial charge in [-0.3, -0.25) is 0 Å². The van der Waals surface area contributed by atoms with Crippen LogP contribution in [0.1, 0.15) is 52.4 Å². The van der Waals surface area contributed by atoms with Crippen molar-refractivity contribution in [1.29, 1.82) is 0 Å². The molecule has 1 aliphatic carbocycles. The van der Waals surface area contributed by atoms with Crippen molar-refractivity contribution >= 4 is 0 Å². The third kappa shape index (κ3) is 2.44. The van der Waals surface area contributed by atoms with Crippen molar-refractivity contribution in [3.8, 4) is 0 Å². The summed E-state index contributed by atoms with van der Waals surface area (Å²) in [6, 6.07) is 0.00569. The Morgan fingerprint density at radius 1 is 1.46 bits per heavy atom. The molecule has 3 unspecified atom stereocenters. The standard InChI is InChI=1S/C11H23NO/c1-3-6-11(13)7-5-9(4-2)8-10(11)12/h9-10,13H,3-8,12H2,1-2H3. The normalized spacial score (nSPS) is 40.6. The first-order valence-corrected chi connectivity index (χ1v) is 5.60. The monoisotopic (exact) mass is 185 g/mol. The second-order valence-electron chi connectivity index (χ2n) is 4.51. The van der Waals surface area contributed by atoms with Gasteiger partial charge in [0, 0.05) is 6.04 Å². The smallest absolute Gasteiger partial charge is 0.0798 e. The van der Waals surface area contributed by atoms with Gasteiger partial charge in [0.25, 0.3) is 0 Å². The number of nitrogens with two attached hydrogens (primary N) is 1. The minimum atomic E-state index is -0.555. The molecule has 3 atom stereocenters. The summed E-state index contributed by atoms with van der Waals surface area (Å²) in [6.07, 6.45) is 6.16. The largest absolute Gasteiger partial charge is 0.388 e. The van der Waals surface area contributed by atoms with Crippen molar-refractivity contribution < 1.29 is 5.11 Å². The molecule has 1 aliphatic rings. The molecule has 0 bridgehead atoms. The van der Waals surface area contributed by atoms with Gasteiger partial charge in [-0.25, -0.2) is 0 Å². The molecule has 13 heavy (non-hydrogen) atoms. The molecular formula is C11H23NO. The van der Waals surface area contributed by atoms with E-state index in [-0.39, 0.29) is 6.04 Å². The highest BCUT2D eigenvalue weighted by Crippen LogP contribution is 2.35. The Balaban J connectivity index is 2.51. The Kier molecular flexibility index (Phi) is 3.74. The Labute approximate surface area is 81.5 Å². The van der Waals surface area contributed by atoms with E-state index in [2.05, 4.69) is 13.8 Å². The van der Waals surface area contributed by atoms with Gasteiger partial charge in [0.05, 0.1) is 5.60 Å². The molecule has 0 heterocycles. The Bertz CT molecular complexity index is 160. The number of aliphatic hydroxyl groups is 1. The number of hydrogen-bond donors (Lipinski definition) is 2. The van der Waals surface area contributed by atoms with Crippen molar-refractivity contribution in [3.63, 3.8) is 0 Å². The molecule has 0 spiro atoms. The van der Waals surface area contributed by atoms with E-state index in [1.165, 1.54) is 6.42 Å². The fourth-order valence-corrected chi connectivity index (χ4v) is 2.45. The summed E-state index contributed by atoms with van der Waals surface area (Å²) < 4.78 is 0. The Morgan fingerprint density at radius 3 is 2.62 bits per heavy atom. The summed E-state index contributed by atoms with van der Waals surface area (Å²) in [7, 11) is 0. The van der Waals surface area contributed by atoms with Gasteiger partial charge in [-0.2, -0.15) is 0 Å². The van der Waals surface area contributed by atoms with Gasteiger partial charge in [0.15, 0.2) is 0 Å². The average molecular weight is 185 g/mol. The number of rotatable bonds is 3. The zero-order chi connectivity index (χ0) is 9.90. The van der Waals surface area contributed by atoms with Crippen LogP contribution >= 0.6 is 0 Å². The van der Waals surface area contributed by atoms with Crippen molar-refractivity contribution in [1.82, 2.24) is 0 Å². The van der Waals surface area contributed by atoms with Gasteiger partial charge >= 0.3 is 0 Å². The summed E-state index contributed by atoms with van der Waals surface area (Å²) in [5.41, 5.74) is 5.46. The van der Waals surface area contributed by atoms with Gasteiger partial charge in [0.2, 0.25) is 0 Å². The molecule has 0 saturated heterocycles. The third-order valence-corrected chi connectivity index (χ3v) is 3.52. The minimum Gasteiger partial charge on any atom is -0.388 e. The summed E-state index contributed by atoms with van der Waals surface area (Å²) in [5.74, 6) is 0.743. The molecular weight excluding hydrogens is 162 g/mol. The van der Waals surface area contributed by atoms with Crippen LogP contribution in [0.25, 0.3) is 0 Å². The third-order valence-electron chi connectivity index (χ3n) is 3.52. The van der Waals surface area contributed by atoms with E-state index >= 15 is 0 Å². The predicted octanol–water partition coefficient (Wildman–Crippen LogP) is 2.06. The van der Waals surface area contributed by atoms with Crippen LogP contribution in [0.2, 0.25) is 0 Å². The molecule has 0 aromatic carbocycles. The lowest BCUT2D eigenvalue weighted by Crippen LogP contribution is -2.51. The highest BCUT2D eigenvalue weighted by molar-refractivity contribution is 4.94. The summed E-state index contributed by atoms with van der Waals surface area (Å²) in [5, 5.41) is 10.2. The minimum absolute atomic E-state index is 0.00569. The highest BCUT2D eigenvalue weighted by atomic mass is 16.3. The second-order valence-corrected chi connectivity index (χ2v) is 4.51. The summed E-state index contributed by atoms with van der Waals surface area (Å²) in [4.78, 5) is 0. The maximum Gasteiger partial charge on any atom is 0.0798 e. The van der Waals surface area contributed by atoms with Crippen LogP contribution in [0.4, 0.5) is 0 Å². The van der Waals surface area contributed by atoms with E-state index in [9.17, 15) is 5.11 Å². The van der Waals surface area contributed by atoms with E-state index < -0.39 is 5.60 Å². The Morgan fingerprint density at radius 2 is 2.15 bits per heavy atom. The molecule has 0 aromatic heterocycles. The molecule has 2 heteroatoms. The van der Waals surface area contributed by atoms with Crippen LogP contribution in [0.3, 0.4) is 0 Å². The van der Waals surface area contributed by atoms with Crippen molar-refractivity contribution in [2.75, 3.05) is 0 Å². The SMILES string of the molecule is CCCC1(O)CCC(CC)CC1N. The zero-order valence-electron chi connectivity index (χ0n) is 8.92.